The van der Waals surface area contributed by atoms with E-state index in [-0.39, 0.29) is 0 Å². The second-order valence-electron chi connectivity index (χ2n) is 1.92. The molecule has 0 aliphatic rings. The summed E-state index contributed by atoms with van der Waals surface area (Å²) in [5.74, 6) is 0. The highest BCUT2D eigenvalue weighted by atomic mass is 32.3. The minimum absolute atomic E-state index is 0.357. The highest BCUT2D eigenvalue weighted by molar-refractivity contribution is 8.11. The van der Waals surface area contributed by atoms with E-state index in [2.05, 4.69) is 0 Å². The Balaban J connectivity index is 4.96. The molecule has 0 heterocycles. The smallest absolute Gasteiger partial charge is 0.262 e. The lowest BCUT2D eigenvalue weighted by molar-refractivity contribution is -0.0426. The van der Waals surface area contributed by atoms with E-state index in [4.69, 9.17) is 0 Å². The molecule has 74 valence electrons. The number of rotatable bonds is 2. The van der Waals surface area contributed by atoms with Gasteiger partial charge in [0.2, 0.25) is 0 Å². The molecule has 0 aliphatic heterocycles. The maximum atomic E-state index is 11.5. The van der Waals surface area contributed by atoms with Crippen molar-refractivity contribution in [1.29, 1.82) is 0 Å². The molecule has 0 bridgehead atoms. The van der Waals surface area contributed by atoms with Gasteiger partial charge in [0.05, 0.1) is 0 Å². The Bertz CT molecular complexity index is 347. The van der Waals surface area contributed by atoms with Gasteiger partial charge in [0.15, 0.2) is 0 Å². The van der Waals surface area contributed by atoms with E-state index < -0.39 is 30.3 Å². The van der Waals surface area contributed by atoms with Crippen LogP contribution < -0.4 is 0 Å². The molecule has 0 spiro atoms. The third-order valence-corrected chi connectivity index (χ3v) is 3.68. The van der Waals surface area contributed by atoms with Crippen LogP contribution in [0.4, 0.5) is 13.2 Å². The lowest BCUT2D eigenvalue weighted by atomic mass is 11.6. The van der Waals surface area contributed by atoms with E-state index in [1.807, 2.05) is 0 Å². The Kier molecular flexibility index (Phi) is 2.80. The Labute approximate surface area is 67.2 Å². The molecular weight excluding hydrogens is 221 g/mol. The first-order chi connectivity index (χ1) is 4.96. The molecule has 0 amide bonds. The van der Waals surface area contributed by atoms with E-state index in [0.29, 0.717) is 6.26 Å². The first kappa shape index (κ1) is 11.7. The van der Waals surface area contributed by atoms with Crippen LogP contribution in [0.2, 0.25) is 0 Å². The molecule has 0 fully saturated rings. The largest absolute Gasteiger partial charge is 0.469 e. The molecule has 0 aromatic carbocycles. The monoisotopic (exact) mass is 225 g/mol. The Morgan fingerprint density at radius 1 is 1.08 bits per heavy atom. The molecule has 0 aromatic rings. The van der Waals surface area contributed by atoms with Crippen molar-refractivity contribution >= 4 is 19.7 Å². The predicted octanol–water partition coefficient (Wildman–Crippen LogP) is 0.0849. The molecule has 0 radical (unpaired) electrons. The summed E-state index contributed by atoms with van der Waals surface area (Å²) in [6.45, 7) is 0. The maximum absolute atomic E-state index is 11.5. The summed E-state index contributed by atoms with van der Waals surface area (Å²) in [6.07, 6.45) is 0.357. The van der Waals surface area contributed by atoms with Gasteiger partial charge in [-0.15, -0.1) is 0 Å². The fraction of sp³-hybridized carbons (Fsp3) is 0.667. The van der Waals surface area contributed by atoms with Gasteiger partial charge in [-0.2, -0.15) is 13.2 Å². The van der Waals surface area contributed by atoms with Gasteiger partial charge < -0.3 is 0 Å². The van der Waals surface area contributed by atoms with Crippen LogP contribution >= 0.6 is 0 Å². The normalized spacial score (nSPS) is 14.7. The van der Waals surface area contributed by atoms with Gasteiger partial charge >= 0.3 is 5.51 Å². The van der Waals surface area contributed by atoms with Crippen molar-refractivity contribution in [1.82, 2.24) is 0 Å². The van der Waals surface area contributed by atoms with E-state index in [1.54, 1.807) is 0 Å². The lowest BCUT2D eigenvalue weighted by Crippen LogP contribution is -2.25. The van der Waals surface area contributed by atoms with Crippen LogP contribution in [0.15, 0.2) is 0 Å². The Hall–Kier alpha value is -0.310. The second kappa shape index (κ2) is 2.87. The molecule has 0 N–H and O–H groups in total. The zero-order valence-electron chi connectivity index (χ0n) is 5.66. The molecule has 0 aromatic heterocycles. The zero-order chi connectivity index (χ0) is 10.2. The third kappa shape index (κ3) is 3.39. The average molecular weight is 225 g/mol. The minimum atomic E-state index is -5.67. The molecule has 0 aliphatic carbocycles. The molecule has 4 nitrogen and oxygen atoms in total. The van der Waals surface area contributed by atoms with Gasteiger partial charge in [0.25, 0.3) is 0 Å². The fourth-order valence-electron chi connectivity index (χ4n) is 0.285. The molecule has 0 saturated heterocycles. The fourth-order valence-corrected chi connectivity index (χ4v) is 2.56. The van der Waals surface area contributed by atoms with Crippen LogP contribution in [0.3, 0.4) is 0 Å². The molecular formula is C3H4F3O4S2-. The van der Waals surface area contributed by atoms with Gasteiger partial charge in [-0.05, 0) is 0 Å². The first-order valence-corrected chi connectivity index (χ1v) is 5.82. The lowest BCUT2D eigenvalue weighted by Gasteiger charge is -2.14. The highest BCUT2D eigenvalue weighted by Crippen LogP contribution is 2.26. The van der Waals surface area contributed by atoms with Gasteiger partial charge in [-0.1, -0.05) is 5.08 Å². The molecule has 12 heavy (non-hydrogen) atoms. The maximum Gasteiger partial charge on any atom is 0.469 e. The number of alkyl halides is 3. The van der Waals surface area contributed by atoms with Crippen molar-refractivity contribution in [2.45, 2.75) is 5.51 Å². The van der Waals surface area contributed by atoms with Crippen molar-refractivity contribution in [3.05, 3.63) is 5.08 Å². The van der Waals surface area contributed by atoms with Gasteiger partial charge in [0.1, 0.15) is 9.84 Å². The molecule has 0 rings (SSSR count). The number of hydrogen-bond donors (Lipinski definition) is 0. The molecule has 0 atom stereocenters. The zero-order valence-corrected chi connectivity index (χ0v) is 7.29. The number of sulfone groups is 2. The van der Waals surface area contributed by atoms with Crippen LogP contribution in [0.25, 0.3) is 0 Å². The summed E-state index contributed by atoms with van der Waals surface area (Å²) in [5, 5.41) is -0.722. The van der Waals surface area contributed by atoms with Gasteiger partial charge in [0, 0.05) is 16.1 Å². The van der Waals surface area contributed by atoms with Crippen LogP contribution in [-0.2, 0) is 19.7 Å². The third-order valence-electron chi connectivity index (χ3n) is 0.624. The van der Waals surface area contributed by atoms with Crippen LogP contribution in [-0.4, -0.2) is 28.6 Å². The SMILES string of the molecule is CS(=O)(=O)[CH-]S(=O)(=O)C(F)(F)F. The summed E-state index contributed by atoms with van der Waals surface area (Å²) in [4.78, 5) is 0. The van der Waals surface area contributed by atoms with Gasteiger partial charge in [-0.25, -0.2) is 0 Å². The van der Waals surface area contributed by atoms with Crippen molar-refractivity contribution < 1.29 is 30.0 Å². The van der Waals surface area contributed by atoms with Crippen molar-refractivity contribution in [3.8, 4) is 0 Å². The van der Waals surface area contributed by atoms with Crippen molar-refractivity contribution in [2.75, 3.05) is 6.26 Å². The number of halogens is 3. The van der Waals surface area contributed by atoms with Crippen molar-refractivity contribution in [3.63, 3.8) is 0 Å². The van der Waals surface area contributed by atoms with Crippen molar-refractivity contribution in [2.24, 2.45) is 0 Å². The number of hydrogen-bond acceptors (Lipinski definition) is 4. The van der Waals surface area contributed by atoms with Crippen LogP contribution in [0.1, 0.15) is 0 Å². The first-order valence-electron chi connectivity index (χ1n) is 2.32. The second-order valence-corrected chi connectivity index (χ2v) is 5.90. The quantitative estimate of drug-likeness (QED) is 0.624. The van der Waals surface area contributed by atoms with E-state index in [0.717, 1.165) is 0 Å². The van der Waals surface area contributed by atoms with E-state index in [9.17, 15) is 30.0 Å². The topological polar surface area (TPSA) is 68.3 Å². The van der Waals surface area contributed by atoms with Gasteiger partial charge in [-0.3, -0.25) is 16.8 Å². The van der Waals surface area contributed by atoms with Crippen LogP contribution in [0.5, 0.6) is 0 Å². The Morgan fingerprint density at radius 3 is 1.50 bits per heavy atom. The standard InChI is InChI=1S/C3H4F3O4S2/c1-11(7,8)2-12(9,10)3(4,5)6/h2H,1H3/q-1. The average Bonchev–Trinajstić information content (AvgIpc) is 1.52. The highest BCUT2D eigenvalue weighted by Gasteiger charge is 2.40. The minimum Gasteiger partial charge on any atom is -0.262 e. The van der Waals surface area contributed by atoms with E-state index >= 15 is 0 Å². The molecule has 9 heteroatoms. The molecule has 0 saturated carbocycles. The summed E-state index contributed by atoms with van der Waals surface area (Å²) in [6, 6.07) is 0. The Morgan fingerprint density at radius 2 is 1.42 bits per heavy atom. The molecule has 0 unspecified atom stereocenters. The predicted molar refractivity (Wildman–Crippen MR) is 34.1 cm³/mol. The summed E-state index contributed by atoms with van der Waals surface area (Å²) in [7, 11) is -9.97. The van der Waals surface area contributed by atoms with E-state index in [1.165, 1.54) is 0 Å². The summed E-state index contributed by atoms with van der Waals surface area (Å²) >= 11 is 0. The summed E-state index contributed by atoms with van der Waals surface area (Å²) < 4.78 is 75.0. The van der Waals surface area contributed by atoms with Crippen LogP contribution in [0, 0.1) is 5.08 Å². The summed E-state index contributed by atoms with van der Waals surface area (Å²) in [5.41, 5.74) is -5.56.